The molecule has 2 aromatic rings. The van der Waals surface area contributed by atoms with Gasteiger partial charge >= 0.3 is 5.97 Å². The van der Waals surface area contributed by atoms with Crippen LogP contribution < -0.4 is 0 Å². The highest BCUT2D eigenvalue weighted by molar-refractivity contribution is 6.42. The second kappa shape index (κ2) is 8.18. The number of halogens is 2. The molecule has 1 amide bonds. The number of carbonyl (C=O) groups is 2. The Hall–Kier alpha value is -2.04. The molecule has 0 spiro atoms. The fourth-order valence-corrected chi connectivity index (χ4v) is 2.56. The maximum absolute atomic E-state index is 12.6. The first-order valence-electron chi connectivity index (χ1n) is 7.37. The summed E-state index contributed by atoms with van der Waals surface area (Å²) in [4.78, 5) is 25.8. The SMILES string of the molecule is CCN(Cc1ccc(Cl)c(Cl)c1)C(=O)c1ccc(C(=O)OC)cc1. The van der Waals surface area contributed by atoms with Crippen molar-refractivity contribution in [2.24, 2.45) is 0 Å². The molecule has 0 radical (unpaired) electrons. The van der Waals surface area contributed by atoms with Crippen molar-refractivity contribution < 1.29 is 14.3 Å². The minimum atomic E-state index is -0.433. The van der Waals surface area contributed by atoms with E-state index in [-0.39, 0.29) is 5.91 Å². The largest absolute Gasteiger partial charge is 0.465 e. The number of methoxy groups -OCH3 is 1. The van der Waals surface area contributed by atoms with Crippen molar-refractivity contribution in [1.29, 1.82) is 0 Å². The molecule has 0 aliphatic rings. The summed E-state index contributed by atoms with van der Waals surface area (Å²) < 4.78 is 4.65. The lowest BCUT2D eigenvalue weighted by Crippen LogP contribution is -2.30. The topological polar surface area (TPSA) is 46.6 Å². The molecule has 0 bridgehead atoms. The lowest BCUT2D eigenvalue weighted by Gasteiger charge is -2.21. The van der Waals surface area contributed by atoms with Gasteiger partial charge in [-0.3, -0.25) is 4.79 Å². The lowest BCUT2D eigenvalue weighted by molar-refractivity contribution is 0.0599. The van der Waals surface area contributed by atoms with Crippen molar-refractivity contribution >= 4 is 35.1 Å². The summed E-state index contributed by atoms with van der Waals surface area (Å²) in [6.45, 7) is 2.86. The van der Waals surface area contributed by atoms with Crippen LogP contribution in [0.1, 0.15) is 33.2 Å². The van der Waals surface area contributed by atoms with E-state index in [1.165, 1.54) is 7.11 Å². The van der Waals surface area contributed by atoms with Gasteiger partial charge in [-0.1, -0.05) is 29.3 Å². The quantitative estimate of drug-likeness (QED) is 0.735. The minimum Gasteiger partial charge on any atom is -0.465 e. The molecule has 0 unspecified atom stereocenters. The molecule has 126 valence electrons. The van der Waals surface area contributed by atoms with Crippen LogP contribution >= 0.6 is 23.2 Å². The molecule has 0 N–H and O–H groups in total. The number of hydrogen-bond donors (Lipinski definition) is 0. The smallest absolute Gasteiger partial charge is 0.337 e. The van der Waals surface area contributed by atoms with Gasteiger partial charge in [0.1, 0.15) is 0 Å². The van der Waals surface area contributed by atoms with Crippen molar-refractivity contribution in [3.63, 3.8) is 0 Å². The molecular weight excluding hydrogens is 349 g/mol. The van der Waals surface area contributed by atoms with Crippen molar-refractivity contribution in [3.8, 4) is 0 Å². The number of rotatable bonds is 5. The molecular formula is C18H17Cl2NO3. The second-order valence-corrected chi connectivity index (χ2v) is 5.95. The maximum atomic E-state index is 12.6. The minimum absolute atomic E-state index is 0.125. The van der Waals surface area contributed by atoms with E-state index in [2.05, 4.69) is 4.74 Å². The van der Waals surface area contributed by atoms with Gasteiger partial charge in [0.2, 0.25) is 0 Å². The molecule has 0 saturated carbocycles. The number of carbonyl (C=O) groups excluding carboxylic acids is 2. The first kappa shape index (κ1) is 18.3. The van der Waals surface area contributed by atoms with Crippen LogP contribution in [-0.4, -0.2) is 30.4 Å². The molecule has 0 saturated heterocycles. The van der Waals surface area contributed by atoms with Crippen molar-refractivity contribution in [1.82, 2.24) is 4.90 Å². The Bertz CT molecular complexity index is 744. The Morgan fingerprint density at radius 3 is 2.17 bits per heavy atom. The monoisotopic (exact) mass is 365 g/mol. The number of esters is 1. The van der Waals surface area contributed by atoms with Gasteiger partial charge in [0.15, 0.2) is 0 Å². The number of nitrogens with zero attached hydrogens (tertiary/aromatic N) is 1. The van der Waals surface area contributed by atoms with Gasteiger partial charge in [-0.15, -0.1) is 0 Å². The Morgan fingerprint density at radius 2 is 1.62 bits per heavy atom. The van der Waals surface area contributed by atoms with Crippen LogP contribution in [0.3, 0.4) is 0 Å². The van der Waals surface area contributed by atoms with E-state index in [0.717, 1.165) is 5.56 Å². The van der Waals surface area contributed by atoms with Gasteiger partial charge in [0.05, 0.1) is 22.7 Å². The Balaban J connectivity index is 2.15. The molecule has 6 heteroatoms. The van der Waals surface area contributed by atoms with E-state index in [0.29, 0.717) is 34.3 Å². The molecule has 0 aliphatic heterocycles. The van der Waals surface area contributed by atoms with E-state index in [1.807, 2.05) is 13.0 Å². The van der Waals surface area contributed by atoms with Gasteiger partial charge in [0, 0.05) is 18.7 Å². The summed E-state index contributed by atoms with van der Waals surface area (Å²) in [5.41, 5.74) is 1.80. The van der Waals surface area contributed by atoms with E-state index < -0.39 is 5.97 Å². The standard InChI is InChI=1S/C18H17Cl2NO3/c1-3-21(11-12-4-9-15(19)16(20)10-12)17(22)13-5-7-14(8-6-13)18(23)24-2/h4-10H,3,11H2,1-2H3. The normalized spacial score (nSPS) is 10.3. The molecule has 0 atom stereocenters. The van der Waals surface area contributed by atoms with Crippen LogP contribution in [0, 0.1) is 0 Å². The van der Waals surface area contributed by atoms with Crippen molar-refractivity contribution in [3.05, 3.63) is 69.2 Å². The molecule has 0 aliphatic carbocycles. The predicted octanol–water partition coefficient (Wildman–Crippen LogP) is 4.44. The second-order valence-electron chi connectivity index (χ2n) is 5.14. The molecule has 2 aromatic carbocycles. The summed E-state index contributed by atoms with van der Waals surface area (Å²) in [7, 11) is 1.32. The van der Waals surface area contributed by atoms with Crippen LogP contribution in [0.4, 0.5) is 0 Å². The fourth-order valence-electron chi connectivity index (χ4n) is 2.23. The summed E-state index contributed by atoms with van der Waals surface area (Å²) >= 11 is 11.9. The van der Waals surface area contributed by atoms with E-state index in [4.69, 9.17) is 23.2 Å². The third-order valence-corrected chi connectivity index (χ3v) is 4.32. The zero-order valence-corrected chi connectivity index (χ0v) is 14.9. The highest BCUT2D eigenvalue weighted by Crippen LogP contribution is 2.23. The fraction of sp³-hybridized carbons (Fsp3) is 0.222. The summed E-state index contributed by atoms with van der Waals surface area (Å²) in [6.07, 6.45) is 0. The van der Waals surface area contributed by atoms with Crippen LogP contribution in [-0.2, 0) is 11.3 Å². The van der Waals surface area contributed by atoms with Gasteiger partial charge in [0.25, 0.3) is 5.91 Å². The Morgan fingerprint density at radius 1 is 1.00 bits per heavy atom. The third kappa shape index (κ3) is 4.28. The van der Waals surface area contributed by atoms with Gasteiger partial charge in [-0.05, 0) is 48.9 Å². The summed E-state index contributed by atoms with van der Waals surface area (Å²) in [5, 5.41) is 0.938. The number of benzene rings is 2. The highest BCUT2D eigenvalue weighted by Gasteiger charge is 2.16. The predicted molar refractivity (Wildman–Crippen MR) is 94.7 cm³/mol. The average molecular weight is 366 g/mol. The van der Waals surface area contributed by atoms with Gasteiger partial charge in [-0.2, -0.15) is 0 Å². The number of hydrogen-bond acceptors (Lipinski definition) is 3. The molecule has 0 aromatic heterocycles. The Labute approximate surface area is 150 Å². The zero-order chi connectivity index (χ0) is 17.7. The van der Waals surface area contributed by atoms with Crippen molar-refractivity contribution in [2.45, 2.75) is 13.5 Å². The lowest BCUT2D eigenvalue weighted by atomic mass is 10.1. The van der Waals surface area contributed by atoms with Crippen LogP contribution in [0.2, 0.25) is 10.0 Å². The Kier molecular flexibility index (Phi) is 6.23. The van der Waals surface area contributed by atoms with Crippen LogP contribution in [0.15, 0.2) is 42.5 Å². The van der Waals surface area contributed by atoms with E-state index in [9.17, 15) is 9.59 Å². The molecule has 0 heterocycles. The maximum Gasteiger partial charge on any atom is 0.337 e. The summed E-state index contributed by atoms with van der Waals surface area (Å²) in [5.74, 6) is -0.558. The molecule has 0 fully saturated rings. The number of amides is 1. The first-order valence-corrected chi connectivity index (χ1v) is 8.13. The summed E-state index contributed by atoms with van der Waals surface area (Å²) in [6, 6.07) is 11.7. The molecule has 4 nitrogen and oxygen atoms in total. The first-order chi connectivity index (χ1) is 11.5. The van der Waals surface area contributed by atoms with Gasteiger partial charge < -0.3 is 9.64 Å². The van der Waals surface area contributed by atoms with E-state index >= 15 is 0 Å². The average Bonchev–Trinajstić information content (AvgIpc) is 2.61. The highest BCUT2D eigenvalue weighted by atomic mass is 35.5. The van der Waals surface area contributed by atoms with E-state index in [1.54, 1.807) is 41.3 Å². The molecule has 2 rings (SSSR count). The molecule has 24 heavy (non-hydrogen) atoms. The number of ether oxygens (including phenoxy) is 1. The third-order valence-electron chi connectivity index (χ3n) is 3.58. The van der Waals surface area contributed by atoms with Crippen molar-refractivity contribution in [2.75, 3.05) is 13.7 Å². The van der Waals surface area contributed by atoms with Crippen LogP contribution in [0.5, 0.6) is 0 Å². The van der Waals surface area contributed by atoms with Gasteiger partial charge in [-0.25, -0.2) is 4.79 Å². The zero-order valence-electron chi connectivity index (χ0n) is 13.4. The van der Waals surface area contributed by atoms with Crippen LogP contribution in [0.25, 0.3) is 0 Å².